The minimum absolute atomic E-state index is 0.836. The second-order valence-corrected chi connectivity index (χ2v) is 7.77. The van der Waals surface area contributed by atoms with Gasteiger partial charge in [0.1, 0.15) is 0 Å². The fourth-order valence-corrected chi connectivity index (χ4v) is 5.02. The van der Waals surface area contributed by atoms with E-state index in [0.717, 1.165) is 30.1 Å². The Morgan fingerprint density at radius 2 is 1.65 bits per heavy atom. The molecule has 3 aliphatic rings. The topological polar surface area (TPSA) is 15.3 Å². The Hall–Kier alpha value is -0.0800. The van der Waals surface area contributed by atoms with Gasteiger partial charge in [0.2, 0.25) is 0 Å². The molecule has 0 aromatic rings. The van der Waals surface area contributed by atoms with E-state index in [0.29, 0.717) is 0 Å². The Balaban J connectivity index is 1.65. The van der Waals surface area contributed by atoms with Gasteiger partial charge >= 0.3 is 0 Å². The lowest BCUT2D eigenvalue weighted by molar-refractivity contribution is 0.0843. The van der Waals surface area contributed by atoms with E-state index in [2.05, 4.69) is 24.1 Å². The lowest BCUT2D eigenvalue weighted by Gasteiger charge is -2.42. The molecule has 1 aliphatic carbocycles. The van der Waals surface area contributed by atoms with Crippen LogP contribution in [0.3, 0.4) is 0 Å². The van der Waals surface area contributed by atoms with E-state index in [4.69, 9.17) is 0 Å². The summed E-state index contributed by atoms with van der Waals surface area (Å²) in [6.07, 6.45) is 14.3. The van der Waals surface area contributed by atoms with Crippen LogP contribution < -0.4 is 5.32 Å². The lowest BCUT2D eigenvalue weighted by Crippen LogP contribution is -2.51. The number of nitrogens with zero attached hydrogens (tertiary/aromatic N) is 1. The van der Waals surface area contributed by atoms with Crippen LogP contribution in [-0.4, -0.2) is 35.6 Å². The highest BCUT2D eigenvalue weighted by molar-refractivity contribution is 4.97. The summed E-state index contributed by atoms with van der Waals surface area (Å²) in [5, 5.41) is 3.81. The molecule has 2 nitrogen and oxygen atoms in total. The van der Waals surface area contributed by atoms with Gasteiger partial charge in [-0.1, -0.05) is 26.7 Å². The van der Waals surface area contributed by atoms with Gasteiger partial charge in [0, 0.05) is 24.2 Å². The fraction of sp³-hybridized carbons (Fsp3) is 1.00. The third-order valence-electron chi connectivity index (χ3n) is 6.09. The molecule has 0 aromatic heterocycles. The molecule has 2 heteroatoms. The van der Waals surface area contributed by atoms with Crippen molar-refractivity contribution in [1.29, 1.82) is 0 Å². The summed E-state index contributed by atoms with van der Waals surface area (Å²) in [6, 6.07) is 3.44. The Morgan fingerprint density at radius 1 is 0.900 bits per heavy atom. The molecule has 3 fully saturated rings. The molecule has 0 aromatic carbocycles. The maximum Gasteiger partial charge on any atom is 0.0128 e. The van der Waals surface area contributed by atoms with Crippen molar-refractivity contribution in [3.8, 4) is 0 Å². The maximum absolute atomic E-state index is 3.81. The van der Waals surface area contributed by atoms with Crippen LogP contribution in [0.4, 0.5) is 0 Å². The van der Waals surface area contributed by atoms with Crippen molar-refractivity contribution in [3.05, 3.63) is 0 Å². The van der Waals surface area contributed by atoms with Crippen LogP contribution >= 0.6 is 0 Å². The average Bonchev–Trinajstić information content (AvgIpc) is 2.65. The highest BCUT2D eigenvalue weighted by atomic mass is 15.2. The van der Waals surface area contributed by atoms with Crippen LogP contribution in [0.1, 0.15) is 78.1 Å². The van der Waals surface area contributed by atoms with Crippen LogP contribution in [0.15, 0.2) is 0 Å². The minimum Gasteiger partial charge on any atom is -0.311 e. The molecule has 1 saturated carbocycles. The van der Waals surface area contributed by atoms with Gasteiger partial charge in [-0.15, -0.1) is 0 Å². The molecule has 3 rings (SSSR count). The fourth-order valence-electron chi connectivity index (χ4n) is 5.02. The molecule has 116 valence electrons. The predicted molar refractivity (Wildman–Crippen MR) is 86.0 cm³/mol. The van der Waals surface area contributed by atoms with Crippen molar-refractivity contribution in [2.75, 3.05) is 6.54 Å². The maximum atomic E-state index is 3.81. The van der Waals surface area contributed by atoms with E-state index in [-0.39, 0.29) is 0 Å². The zero-order valence-electron chi connectivity index (χ0n) is 13.6. The Morgan fingerprint density at radius 3 is 2.35 bits per heavy atom. The van der Waals surface area contributed by atoms with Crippen molar-refractivity contribution in [2.45, 2.75) is 102 Å². The molecule has 0 spiro atoms. The van der Waals surface area contributed by atoms with E-state index in [1.54, 1.807) is 0 Å². The summed E-state index contributed by atoms with van der Waals surface area (Å²) in [4.78, 5) is 2.95. The van der Waals surface area contributed by atoms with Gasteiger partial charge in [0.15, 0.2) is 0 Å². The zero-order chi connectivity index (χ0) is 13.9. The molecule has 4 unspecified atom stereocenters. The van der Waals surface area contributed by atoms with Crippen molar-refractivity contribution < 1.29 is 0 Å². The first-order chi connectivity index (χ1) is 9.76. The van der Waals surface area contributed by atoms with Crippen LogP contribution in [0.25, 0.3) is 0 Å². The van der Waals surface area contributed by atoms with Crippen LogP contribution in [-0.2, 0) is 0 Å². The quantitative estimate of drug-likeness (QED) is 0.783. The normalized spacial score (nSPS) is 41.9. The van der Waals surface area contributed by atoms with Crippen molar-refractivity contribution in [1.82, 2.24) is 10.2 Å². The third kappa shape index (κ3) is 3.39. The summed E-state index contributed by atoms with van der Waals surface area (Å²) in [5.41, 5.74) is 0. The molecule has 4 atom stereocenters. The van der Waals surface area contributed by atoms with Crippen LogP contribution in [0, 0.1) is 5.92 Å². The molecule has 20 heavy (non-hydrogen) atoms. The Kier molecular flexibility index (Phi) is 5.04. The number of rotatable bonds is 4. The molecule has 2 bridgehead atoms. The summed E-state index contributed by atoms with van der Waals surface area (Å²) in [6.45, 7) is 6.16. The van der Waals surface area contributed by atoms with E-state index >= 15 is 0 Å². The van der Waals surface area contributed by atoms with E-state index in [1.807, 2.05) is 0 Å². The number of fused-ring (bicyclic) bond motifs is 2. The molecular weight excluding hydrogens is 244 g/mol. The standard InChI is InChI=1S/C18H34N2/c1-3-11-20(17-6-4-5-14(2)7-10-17)18-12-15-8-9-16(13-18)19-15/h14-19H,3-13H2,1-2H3. The smallest absolute Gasteiger partial charge is 0.0128 e. The number of hydrogen-bond acceptors (Lipinski definition) is 2. The summed E-state index contributed by atoms with van der Waals surface area (Å²) >= 11 is 0. The largest absolute Gasteiger partial charge is 0.311 e. The minimum atomic E-state index is 0.836. The SMILES string of the molecule is CCCN(C1CCCC(C)CC1)C1CC2CCC(C1)N2. The summed E-state index contributed by atoms with van der Waals surface area (Å²) < 4.78 is 0. The third-order valence-corrected chi connectivity index (χ3v) is 6.09. The van der Waals surface area contributed by atoms with Gasteiger partial charge in [-0.25, -0.2) is 0 Å². The first-order valence-electron chi connectivity index (χ1n) is 9.28. The molecule has 1 N–H and O–H groups in total. The summed E-state index contributed by atoms with van der Waals surface area (Å²) in [7, 11) is 0. The van der Waals surface area contributed by atoms with Gasteiger partial charge in [-0.2, -0.15) is 0 Å². The lowest BCUT2D eigenvalue weighted by atomic mass is 9.94. The van der Waals surface area contributed by atoms with E-state index < -0.39 is 0 Å². The molecule has 2 saturated heterocycles. The predicted octanol–water partition coefficient (Wildman–Crippen LogP) is 3.95. The van der Waals surface area contributed by atoms with E-state index in [9.17, 15) is 0 Å². The van der Waals surface area contributed by atoms with Crippen molar-refractivity contribution >= 4 is 0 Å². The van der Waals surface area contributed by atoms with E-state index in [1.165, 1.54) is 70.8 Å². The molecule has 2 aliphatic heterocycles. The Bertz CT molecular complexity index is 292. The monoisotopic (exact) mass is 278 g/mol. The van der Waals surface area contributed by atoms with Crippen molar-refractivity contribution in [2.24, 2.45) is 5.92 Å². The second-order valence-electron chi connectivity index (χ2n) is 7.77. The van der Waals surface area contributed by atoms with Crippen molar-refractivity contribution in [3.63, 3.8) is 0 Å². The number of nitrogens with one attached hydrogen (secondary N) is 1. The van der Waals surface area contributed by atoms with Gasteiger partial charge in [-0.3, -0.25) is 4.90 Å². The van der Waals surface area contributed by atoms with Gasteiger partial charge in [-0.05, 0) is 63.8 Å². The highest BCUT2D eigenvalue weighted by Crippen LogP contribution is 2.34. The molecule has 0 radical (unpaired) electrons. The molecule has 2 heterocycles. The first kappa shape index (κ1) is 14.8. The van der Waals surface area contributed by atoms with Gasteiger partial charge < -0.3 is 5.32 Å². The van der Waals surface area contributed by atoms with Crippen LogP contribution in [0.5, 0.6) is 0 Å². The first-order valence-corrected chi connectivity index (χ1v) is 9.28. The summed E-state index contributed by atoms with van der Waals surface area (Å²) in [5.74, 6) is 0.965. The molecule has 0 amide bonds. The zero-order valence-corrected chi connectivity index (χ0v) is 13.6. The number of hydrogen-bond donors (Lipinski definition) is 1. The van der Waals surface area contributed by atoms with Gasteiger partial charge in [0.05, 0.1) is 0 Å². The number of piperidine rings is 1. The molecular formula is C18H34N2. The Labute approximate surface area is 125 Å². The van der Waals surface area contributed by atoms with Crippen LogP contribution in [0.2, 0.25) is 0 Å². The van der Waals surface area contributed by atoms with Gasteiger partial charge in [0.25, 0.3) is 0 Å². The second kappa shape index (κ2) is 6.79. The highest BCUT2D eigenvalue weighted by Gasteiger charge is 2.37. The average molecular weight is 278 g/mol.